The minimum atomic E-state index is -0.165. The van der Waals surface area contributed by atoms with E-state index in [0.717, 1.165) is 25.0 Å². The fourth-order valence-corrected chi connectivity index (χ4v) is 2.82. The molecule has 4 heteroatoms. The maximum Gasteiger partial charge on any atom is 0.251 e. The van der Waals surface area contributed by atoms with Gasteiger partial charge < -0.3 is 10.3 Å². The number of H-pyrrole nitrogens is 1. The Morgan fingerprint density at radius 3 is 2.72 bits per heavy atom. The fourth-order valence-electron chi connectivity index (χ4n) is 2.82. The molecule has 0 aliphatic heterocycles. The van der Waals surface area contributed by atoms with Crippen LogP contribution in [0.1, 0.15) is 54.1 Å². The molecule has 1 atom stereocenters. The number of nitrogens with one attached hydrogen (secondary N) is 2. The van der Waals surface area contributed by atoms with Gasteiger partial charge in [0.1, 0.15) is 0 Å². The van der Waals surface area contributed by atoms with Gasteiger partial charge in [0.15, 0.2) is 0 Å². The highest BCUT2D eigenvalue weighted by Crippen LogP contribution is 2.65. The molecule has 0 aromatic carbocycles. The van der Waals surface area contributed by atoms with Crippen LogP contribution in [0.3, 0.4) is 0 Å². The number of hydrogen-bond acceptors (Lipinski definition) is 2. The van der Waals surface area contributed by atoms with Crippen LogP contribution < -0.4 is 10.9 Å². The monoisotopic (exact) mass is 244 g/mol. The Hall–Kier alpha value is -1.58. The van der Waals surface area contributed by atoms with Crippen molar-refractivity contribution in [3.8, 4) is 0 Å². The van der Waals surface area contributed by atoms with E-state index in [1.807, 2.05) is 6.07 Å². The van der Waals surface area contributed by atoms with E-state index in [2.05, 4.69) is 10.3 Å². The first-order valence-electron chi connectivity index (χ1n) is 6.71. The van der Waals surface area contributed by atoms with Gasteiger partial charge in [0.25, 0.3) is 5.91 Å². The normalized spacial score (nSPS) is 27.0. The molecule has 1 amide bonds. The van der Waals surface area contributed by atoms with Crippen molar-refractivity contribution >= 4 is 5.91 Å². The quantitative estimate of drug-likeness (QED) is 0.847. The predicted molar refractivity (Wildman–Crippen MR) is 66.6 cm³/mol. The lowest BCUT2D eigenvalue weighted by Gasteiger charge is -2.05. The summed E-state index contributed by atoms with van der Waals surface area (Å²) in [5, 5.41) is 3.04. The van der Waals surface area contributed by atoms with Crippen LogP contribution in [-0.4, -0.2) is 16.9 Å². The Bertz CT molecular complexity index is 582. The Morgan fingerprint density at radius 2 is 2.11 bits per heavy atom. The second-order valence-electron chi connectivity index (χ2n) is 6.06. The minimum absolute atomic E-state index is 0.0863. The molecule has 18 heavy (non-hydrogen) atoms. The molecule has 1 spiro atoms. The van der Waals surface area contributed by atoms with Gasteiger partial charge in [0.2, 0.25) is 5.56 Å². The van der Waals surface area contributed by atoms with Crippen molar-refractivity contribution in [1.29, 1.82) is 0 Å². The van der Waals surface area contributed by atoms with E-state index >= 15 is 0 Å². The number of carbonyl (C=O) groups is 1. The summed E-state index contributed by atoms with van der Waals surface area (Å²) in [4.78, 5) is 26.5. The molecule has 4 nitrogen and oxygen atoms in total. The number of carbonyl (C=O) groups excluding carboxylic acids is 1. The summed E-state index contributed by atoms with van der Waals surface area (Å²) in [5.74, 6) is 0.373. The molecule has 2 N–H and O–H groups in total. The maximum absolute atomic E-state index is 12.1. The Kier molecular flexibility index (Phi) is 1.87. The first-order chi connectivity index (χ1) is 8.66. The molecule has 3 saturated carbocycles. The zero-order valence-corrected chi connectivity index (χ0v) is 10.2. The largest absolute Gasteiger partial charge is 0.349 e. The summed E-state index contributed by atoms with van der Waals surface area (Å²) < 4.78 is 0. The standard InChI is InChI=1S/C14H16N2O2/c17-12-6-9(5-10(15-12)8-1-2-8)13(18)16-11-7-14(11)3-4-14/h5-6,8,11H,1-4,7H2,(H,15,17)(H,16,18)/t11-/m1/s1. The van der Waals surface area contributed by atoms with Gasteiger partial charge in [0, 0.05) is 23.4 Å². The Labute approximate surface area is 105 Å². The van der Waals surface area contributed by atoms with Crippen LogP contribution in [0.4, 0.5) is 0 Å². The molecular weight excluding hydrogens is 228 g/mol. The molecule has 0 bridgehead atoms. The lowest BCUT2D eigenvalue weighted by molar-refractivity contribution is 0.0948. The number of rotatable bonds is 3. The topological polar surface area (TPSA) is 62.0 Å². The molecule has 3 fully saturated rings. The van der Waals surface area contributed by atoms with Gasteiger partial charge in [-0.05, 0) is 49.5 Å². The molecule has 0 radical (unpaired) electrons. The van der Waals surface area contributed by atoms with Crippen LogP contribution >= 0.6 is 0 Å². The van der Waals surface area contributed by atoms with Crippen molar-refractivity contribution in [3.05, 3.63) is 33.7 Å². The molecule has 4 rings (SSSR count). The van der Waals surface area contributed by atoms with E-state index in [4.69, 9.17) is 0 Å². The average Bonchev–Trinajstić information content (AvgIpc) is 3.19. The van der Waals surface area contributed by atoms with Crippen molar-refractivity contribution in [2.24, 2.45) is 5.41 Å². The second-order valence-corrected chi connectivity index (χ2v) is 6.06. The third kappa shape index (κ3) is 1.67. The second kappa shape index (κ2) is 3.25. The number of hydrogen-bond donors (Lipinski definition) is 2. The maximum atomic E-state index is 12.1. The molecule has 1 heterocycles. The molecule has 1 aromatic heterocycles. The van der Waals surface area contributed by atoms with Crippen LogP contribution in [0.5, 0.6) is 0 Å². The number of aromatic amines is 1. The van der Waals surface area contributed by atoms with Crippen LogP contribution in [-0.2, 0) is 0 Å². The zero-order chi connectivity index (χ0) is 12.3. The van der Waals surface area contributed by atoms with Gasteiger partial charge in [-0.1, -0.05) is 0 Å². The molecule has 3 aliphatic rings. The third-order valence-corrected chi connectivity index (χ3v) is 4.53. The summed E-state index contributed by atoms with van der Waals surface area (Å²) in [5.41, 5.74) is 1.73. The number of amides is 1. The fraction of sp³-hybridized carbons (Fsp3) is 0.571. The van der Waals surface area contributed by atoms with E-state index in [-0.39, 0.29) is 11.5 Å². The molecule has 1 aromatic rings. The molecule has 94 valence electrons. The van der Waals surface area contributed by atoms with Crippen LogP contribution in [0.2, 0.25) is 0 Å². The van der Waals surface area contributed by atoms with Gasteiger partial charge >= 0.3 is 0 Å². The van der Waals surface area contributed by atoms with Crippen molar-refractivity contribution in [2.45, 2.75) is 44.1 Å². The summed E-state index contributed by atoms with van der Waals surface area (Å²) in [7, 11) is 0. The van der Waals surface area contributed by atoms with Gasteiger partial charge in [-0.3, -0.25) is 9.59 Å². The van der Waals surface area contributed by atoms with Crippen LogP contribution in [0, 0.1) is 5.41 Å². The zero-order valence-electron chi connectivity index (χ0n) is 10.2. The van der Waals surface area contributed by atoms with Gasteiger partial charge in [-0.2, -0.15) is 0 Å². The highest BCUT2D eigenvalue weighted by atomic mass is 16.2. The van der Waals surface area contributed by atoms with Crippen molar-refractivity contribution in [3.63, 3.8) is 0 Å². The van der Waals surface area contributed by atoms with Crippen molar-refractivity contribution in [1.82, 2.24) is 10.3 Å². The van der Waals surface area contributed by atoms with E-state index in [0.29, 0.717) is 22.9 Å². The van der Waals surface area contributed by atoms with Crippen molar-refractivity contribution < 1.29 is 4.79 Å². The van der Waals surface area contributed by atoms with Crippen molar-refractivity contribution in [2.75, 3.05) is 0 Å². The summed E-state index contributed by atoms with van der Waals surface area (Å²) in [6.45, 7) is 0. The average molecular weight is 244 g/mol. The molecule has 0 unspecified atom stereocenters. The summed E-state index contributed by atoms with van der Waals surface area (Å²) in [6.07, 6.45) is 5.86. The SMILES string of the molecule is O=C(N[C@@H]1CC12CC2)c1cc(C2CC2)[nH]c(=O)c1. The Morgan fingerprint density at radius 1 is 1.33 bits per heavy atom. The van der Waals surface area contributed by atoms with Crippen LogP contribution in [0.15, 0.2) is 16.9 Å². The first-order valence-corrected chi connectivity index (χ1v) is 6.71. The predicted octanol–water partition coefficient (Wildman–Crippen LogP) is 1.53. The lowest BCUT2D eigenvalue weighted by Crippen LogP contribution is -2.28. The Balaban J connectivity index is 1.55. The van der Waals surface area contributed by atoms with E-state index in [9.17, 15) is 9.59 Å². The van der Waals surface area contributed by atoms with E-state index in [1.165, 1.54) is 18.9 Å². The van der Waals surface area contributed by atoms with Gasteiger partial charge in [-0.15, -0.1) is 0 Å². The number of pyridine rings is 1. The molecular formula is C14H16N2O2. The summed E-state index contributed by atoms with van der Waals surface area (Å²) >= 11 is 0. The van der Waals surface area contributed by atoms with Crippen LogP contribution in [0.25, 0.3) is 0 Å². The van der Waals surface area contributed by atoms with Gasteiger partial charge in [-0.25, -0.2) is 0 Å². The third-order valence-electron chi connectivity index (χ3n) is 4.53. The summed E-state index contributed by atoms with van der Waals surface area (Å²) in [6, 6.07) is 3.60. The molecule has 3 aliphatic carbocycles. The highest BCUT2D eigenvalue weighted by molar-refractivity contribution is 5.94. The smallest absolute Gasteiger partial charge is 0.251 e. The van der Waals surface area contributed by atoms with E-state index < -0.39 is 0 Å². The van der Waals surface area contributed by atoms with Gasteiger partial charge in [0.05, 0.1) is 0 Å². The highest BCUT2D eigenvalue weighted by Gasteiger charge is 2.63. The first kappa shape index (κ1) is 10.4. The molecule has 0 saturated heterocycles. The van der Waals surface area contributed by atoms with E-state index in [1.54, 1.807) is 0 Å². The number of aromatic nitrogens is 1. The minimum Gasteiger partial charge on any atom is -0.349 e. The lowest BCUT2D eigenvalue weighted by atomic mass is 10.1.